The first kappa shape index (κ1) is 9.07. The molecular weight excluding hydrogens is 180 g/mol. The van der Waals surface area contributed by atoms with E-state index in [9.17, 15) is 0 Å². The fourth-order valence-electron chi connectivity index (χ4n) is 6.63. The van der Waals surface area contributed by atoms with Crippen LogP contribution in [0.15, 0.2) is 0 Å². The molecule has 0 heterocycles. The Bertz CT molecular complexity index is 318. The summed E-state index contributed by atoms with van der Waals surface area (Å²) in [5.41, 5.74) is 1.67. The van der Waals surface area contributed by atoms with E-state index in [1.807, 2.05) is 0 Å². The van der Waals surface area contributed by atoms with Crippen molar-refractivity contribution >= 4 is 0 Å². The molecule has 0 nitrogen and oxygen atoms in total. The first-order valence-electron chi connectivity index (χ1n) is 7.05. The fraction of sp³-hybridized carbons (Fsp3) is 1.00. The van der Waals surface area contributed by atoms with Crippen LogP contribution >= 0.6 is 0 Å². The lowest BCUT2D eigenvalue weighted by Gasteiger charge is -2.52. The van der Waals surface area contributed by atoms with Crippen molar-refractivity contribution in [3.8, 4) is 0 Å². The summed E-state index contributed by atoms with van der Waals surface area (Å²) >= 11 is 0. The number of hydrogen-bond acceptors (Lipinski definition) is 0. The maximum atomic E-state index is 2.59. The Balaban J connectivity index is 1.76. The van der Waals surface area contributed by atoms with E-state index in [1.54, 1.807) is 32.1 Å². The number of fused-ring (bicyclic) bond motifs is 1. The van der Waals surface area contributed by atoms with Crippen molar-refractivity contribution in [1.82, 2.24) is 0 Å². The van der Waals surface area contributed by atoms with E-state index >= 15 is 0 Å². The van der Waals surface area contributed by atoms with Crippen molar-refractivity contribution in [2.75, 3.05) is 0 Å². The highest BCUT2D eigenvalue weighted by molar-refractivity contribution is 5.23. The van der Waals surface area contributed by atoms with Gasteiger partial charge in [0.05, 0.1) is 0 Å². The molecule has 0 saturated heterocycles. The van der Waals surface area contributed by atoms with Crippen LogP contribution in [0.3, 0.4) is 0 Å². The molecule has 6 atom stereocenters. The van der Waals surface area contributed by atoms with E-state index < -0.39 is 0 Å². The Kier molecular flexibility index (Phi) is 1.40. The van der Waals surface area contributed by atoms with Crippen LogP contribution in [0.4, 0.5) is 0 Å². The SMILES string of the molecule is CC(C)C1CC2CC3CC4(C)CC1C23C4. The first-order chi connectivity index (χ1) is 7.05. The Morgan fingerprint density at radius 2 is 1.87 bits per heavy atom. The maximum absolute atomic E-state index is 2.59. The van der Waals surface area contributed by atoms with Gasteiger partial charge in [0.1, 0.15) is 0 Å². The van der Waals surface area contributed by atoms with E-state index in [2.05, 4.69) is 20.8 Å². The standard InChI is InChI=1S/C15H24/c1-9(2)12-5-10-4-11-6-14(3)7-13(12)15(10,11)8-14/h9-13H,4-8H2,1-3H3. The zero-order valence-electron chi connectivity index (χ0n) is 10.4. The molecule has 4 saturated carbocycles. The average Bonchev–Trinajstić information content (AvgIpc) is 2.66. The molecule has 0 aromatic heterocycles. The molecule has 4 rings (SSSR count). The molecule has 6 unspecified atom stereocenters. The van der Waals surface area contributed by atoms with Gasteiger partial charge in [-0.15, -0.1) is 0 Å². The van der Waals surface area contributed by atoms with Crippen LogP contribution in [0.1, 0.15) is 52.9 Å². The zero-order valence-corrected chi connectivity index (χ0v) is 10.4. The normalized spacial score (nSPS) is 64.8. The molecule has 4 fully saturated rings. The second-order valence-corrected chi connectivity index (χ2v) is 7.89. The predicted octanol–water partition coefficient (Wildman–Crippen LogP) is 4.10. The lowest BCUT2D eigenvalue weighted by molar-refractivity contribution is -0.0405. The number of hydrogen-bond donors (Lipinski definition) is 0. The highest BCUT2D eigenvalue weighted by Crippen LogP contribution is 2.82. The second-order valence-electron chi connectivity index (χ2n) is 7.89. The van der Waals surface area contributed by atoms with Gasteiger partial charge >= 0.3 is 0 Å². The monoisotopic (exact) mass is 204 g/mol. The second kappa shape index (κ2) is 2.31. The van der Waals surface area contributed by atoms with Crippen molar-refractivity contribution in [3.63, 3.8) is 0 Å². The van der Waals surface area contributed by atoms with Gasteiger partial charge in [-0.25, -0.2) is 0 Å². The molecule has 0 N–H and O–H groups in total. The lowest BCUT2D eigenvalue weighted by Crippen LogP contribution is -2.46. The zero-order chi connectivity index (χ0) is 10.4. The minimum absolute atomic E-state index is 0.775. The molecule has 15 heavy (non-hydrogen) atoms. The van der Waals surface area contributed by atoms with Crippen LogP contribution in [-0.2, 0) is 0 Å². The number of rotatable bonds is 1. The maximum Gasteiger partial charge on any atom is -0.0204 e. The quantitative estimate of drug-likeness (QED) is 0.603. The Morgan fingerprint density at radius 3 is 2.53 bits per heavy atom. The Hall–Kier alpha value is 0. The van der Waals surface area contributed by atoms with Crippen molar-refractivity contribution in [2.24, 2.45) is 40.4 Å². The van der Waals surface area contributed by atoms with Gasteiger partial charge < -0.3 is 0 Å². The summed E-state index contributed by atoms with van der Waals surface area (Å²) in [6.45, 7) is 7.53. The topological polar surface area (TPSA) is 0 Å². The molecule has 0 aromatic carbocycles. The highest BCUT2D eigenvalue weighted by atomic mass is 14.8. The van der Waals surface area contributed by atoms with E-state index in [0.29, 0.717) is 0 Å². The molecule has 0 aliphatic heterocycles. The van der Waals surface area contributed by atoms with Crippen LogP contribution in [0.5, 0.6) is 0 Å². The van der Waals surface area contributed by atoms with Gasteiger partial charge in [0.2, 0.25) is 0 Å². The van der Waals surface area contributed by atoms with Crippen molar-refractivity contribution in [1.29, 1.82) is 0 Å². The van der Waals surface area contributed by atoms with E-state index in [1.165, 1.54) is 0 Å². The van der Waals surface area contributed by atoms with Gasteiger partial charge in [-0.2, -0.15) is 0 Å². The Morgan fingerprint density at radius 1 is 1.07 bits per heavy atom. The van der Waals surface area contributed by atoms with Gasteiger partial charge in [-0.05, 0) is 72.5 Å². The largest absolute Gasteiger partial charge is 0.0625 e. The van der Waals surface area contributed by atoms with Gasteiger partial charge in [-0.3, -0.25) is 0 Å². The lowest BCUT2D eigenvalue weighted by atomic mass is 9.52. The van der Waals surface area contributed by atoms with Crippen molar-refractivity contribution in [3.05, 3.63) is 0 Å². The summed E-state index contributed by atoms with van der Waals surface area (Å²) < 4.78 is 0. The third kappa shape index (κ3) is 0.806. The van der Waals surface area contributed by atoms with Crippen LogP contribution < -0.4 is 0 Å². The van der Waals surface area contributed by atoms with Gasteiger partial charge in [0.15, 0.2) is 0 Å². The summed E-state index contributed by atoms with van der Waals surface area (Å²) in [6.07, 6.45) is 7.99. The molecule has 2 bridgehead atoms. The molecule has 84 valence electrons. The molecule has 0 heteroatoms. The minimum atomic E-state index is 0.775. The molecule has 0 amide bonds. The molecule has 0 aromatic rings. The molecule has 0 radical (unpaired) electrons. The summed E-state index contributed by atoms with van der Waals surface area (Å²) in [5.74, 6) is 5.49. The fourth-order valence-corrected chi connectivity index (χ4v) is 6.63. The van der Waals surface area contributed by atoms with Crippen LogP contribution in [0, 0.1) is 40.4 Å². The van der Waals surface area contributed by atoms with Gasteiger partial charge in [-0.1, -0.05) is 20.8 Å². The minimum Gasteiger partial charge on any atom is -0.0625 e. The highest BCUT2D eigenvalue weighted by Gasteiger charge is 2.74. The average molecular weight is 204 g/mol. The van der Waals surface area contributed by atoms with Gasteiger partial charge in [0.25, 0.3) is 0 Å². The molecule has 4 aliphatic carbocycles. The van der Waals surface area contributed by atoms with Crippen LogP contribution in [-0.4, -0.2) is 0 Å². The summed E-state index contributed by atoms with van der Waals surface area (Å²) in [5, 5.41) is 0. The molecular formula is C15H24. The predicted molar refractivity (Wildman–Crippen MR) is 62.4 cm³/mol. The summed E-state index contributed by atoms with van der Waals surface area (Å²) in [7, 11) is 0. The Labute approximate surface area is 93.8 Å². The van der Waals surface area contributed by atoms with E-state index in [-0.39, 0.29) is 0 Å². The first-order valence-corrected chi connectivity index (χ1v) is 7.05. The van der Waals surface area contributed by atoms with Crippen molar-refractivity contribution in [2.45, 2.75) is 52.9 Å². The third-order valence-corrected chi connectivity index (χ3v) is 6.89. The van der Waals surface area contributed by atoms with Crippen LogP contribution in [0.25, 0.3) is 0 Å². The van der Waals surface area contributed by atoms with E-state index in [0.717, 1.165) is 40.4 Å². The van der Waals surface area contributed by atoms with Crippen LogP contribution in [0.2, 0.25) is 0 Å². The van der Waals surface area contributed by atoms with Crippen molar-refractivity contribution < 1.29 is 0 Å². The molecule has 1 spiro atoms. The van der Waals surface area contributed by atoms with E-state index in [4.69, 9.17) is 0 Å². The summed E-state index contributed by atoms with van der Waals surface area (Å²) in [6, 6.07) is 0. The molecule has 4 aliphatic rings. The summed E-state index contributed by atoms with van der Waals surface area (Å²) in [4.78, 5) is 0. The third-order valence-electron chi connectivity index (χ3n) is 6.89. The smallest absolute Gasteiger partial charge is 0.0204 e. The van der Waals surface area contributed by atoms with Gasteiger partial charge in [0, 0.05) is 0 Å².